The van der Waals surface area contributed by atoms with E-state index in [9.17, 15) is 0 Å². The van der Waals surface area contributed by atoms with E-state index in [-0.39, 0.29) is 0 Å². The molecule has 2 nitrogen and oxygen atoms in total. The number of nitrogens with zero attached hydrogens (tertiary/aromatic N) is 1. The number of aromatic amines is 1. The Morgan fingerprint density at radius 2 is 1.29 bits per heavy atom. The quantitative estimate of drug-likeness (QED) is 0.249. The summed E-state index contributed by atoms with van der Waals surface area (Å²) in [6, 6.07) is 0. The molecular formula is C22H41N2+. The van der Waals surface area contributed by atoms with Gasteiger partial charge in [-0.25, -0.2) is 9.55 Å². The summed E-state index contributed by atoms with van der Waals surface area (Å²) in [5.41, 5.74) is 0. The molecule has 0 unspecified atom stereocenters. The summed E-state index contributed by atoms with van der Waals surface area (Å²) in [4.78, 5) is 3.18. The first-order valence-corrected chi connectivity index (χ1v) is 10.6. The topological polar surface area (TPSA) is 19.7 Å². The highest BCUT2D eigenvalue weighted by Gasteiger charge is 1.98. The number of nitrogens with one attached hydrogen (secondary N) is 1. The van der Waals surface area contributed by atoms with Gasteiger partial charge in [0.05, 0.1) is 6.20 Å². The molecule has 0 saturated carbocycles. The smallest absolute Gasteiger partial charge is 0.247 e. The maximum atomic E-state index is 3.18. The van der Waals surface area contributed by atoms with Crippen molar-refractivity contribution in [1.82, 2.24) is 4.98 Å². The van der Waals surface area contributed by atoms with Crippen molar-refractivity contribution in [2.45, 2.75) is 110 Å². The molecule has 1 N–H and O–H groups in total. The third kappa shape index (κ3) is 11.5. The number of rotatable bonds is 16. The Morgan fingerprint density at radius 1 is 0.792 bits per heavy atom. The zero-order chi connectivity index (χ0) is 17.3. The summed E-state index contributed by atoms with van der Waals surface area (Å²) in [5, 5.41) is 0. The van der Waals surface area contributed by atoms with Crippen molar-refractivity contribution in [1.29, 1.82) is 0 Å². The zero-order valence-electron chi connectivity index (χ0n) is 16.4. The van der Waals surface area contributed by atoms with E-state index in [1.54, 1.807) is 0 Å². The van der Waals surface area contributed by atoms with Crippen molar-refractivity contribution >= 4 is 6.20 Å². The molecule has 0 aliphatic heterocycles. The second-order valence-corrected chi connectivity index (χ2v) is 7.22. The van der Waals surface area contributed by atoms with Gasteiger partial charge in [0.15, 0.2) is 0 Å². The number of unbranched alkanes of at least 4 members (excludes halogenated alkanes) is 14. The van der Waals surface area contributed by atoms with Gasteiger partial charge >= 0.3 is 0 Å². The Morgan fingerprint density at radius 3 is 1.75 bits per heavy atom. The fourth-order valence-electron chi connectivity index (χ4n) is 3.23. The van der Waals surface area contributed by atoms with Gasteiger partial charge in [0.2, 0.25) is 0 Å². The van der Waals surface area contributed by atoms with Crippen LogP contribution in [0.5, 0.6) is 0 Å². The lowest BCUT2D eigenvalue weighted by Crippen LogP contribution is -2.26. The number of aromatic nitrogens is 2. The summed E-state index contributed by atoms with van der Waals surface area (Å²) in [5.74, 6) is 1.19. The molecule has 0 bridgehead atoms. The number of hydrogen-bond donors (Lipinski definition) is 1. The molecule has 138 valence electrons. The molecule has 0 radical (unpaired) electrons. The van der Waals surface area contributed by atoms with Gasteiger partial charge in [-0.05, 0) is 18.9 Å². The fraction of sp³-hybridized carbons (Fsp3) is 0.773. The Labute approximate surface area is 150 Å². The van der Waals surface area contributed by atoms with E-state index >= 15 is 0 Å². The van der Waals surface area contributed by atoms with Crippen molar-refractivity contribution in [3.8, 4) is 0 Å². The highest BCUT2D eigenvalue weighted by Crippen LogP contribution is 2.13. The van der Waals surface area contributed by atoms with Crippen molar-refractivity contribution in [3.63, 3.8) is 0 Å². The van der Waals surface area contributed by atoms with Gasteiger partial charge < -0.3 is 0 Å². The second kappa shape index (κ2) is 15.5. The van der Waals surface area contributed by atoms with Gasteiger partial charge in [-0.3, -0.25) is 0 Å². The van der Waals surface area contributed by atoms with Crippen molar-refractivity contribution < 1.29 is 4.57 Å². The minimum atomic E-state index is 1.19. The molecule has 1 aromatic rings. The van der Waals surface area contributed by atoms with Crippen LogP contribution >= 0.6 is 0 Å². The van der Waals surface area contributed by atoms with Crippen LogP contribution in [0.1, 0.15) is 109 Å². The van der Waals surface area contributed by atoms with Gasteiger partial charge in [-0.1, -0.05) is 90.4 Å². The first kappa shape index (κ1) is 21.0. The standard InChI is InChI=1S/C22H40N2/c1-3-4-5-6-7-8-9-10-11-12-13-14-15-16-17-18-20-24-21-19-23-22(24)2/h18-21H,3-17H2,1-2H3/p+1. The van der Waals surface area contributed by atoms with Gasteiger partial charge in [0.1, 0.15) is 12.4 Å². The summed E-state index contributed by atoms with van der Waals surface area (Å²) in [6.45, 7) is 4.39. The first-order chi connectivity index (χ1) is 11.8. The lowest BCUT2D eigenvalue weighted by atomic mass is 10.0. The van der Waals surface area contributed by atoms with E-state index in [1.807, 2.05) is 6.20 Å². The monoisotopic (exact) mass is 333 g/mol. The second-order valence-electron chi connectivity index (χ2n) is 7.22. The first-order valence-electron chi connectivity index (χ1n) is 10.6. The molecule has 0 atom stereocenters. The van der Waals surface area contributed by atoms with Crippen LogP contribution in [0.3, 0.4) is 0 Å². The molecule has 1 aromatic heterocycles. The maximum absolute atomic E-state index is 3.18. The molecule has 0 amide bonds. The van der Waals surface area contributed by atoms with Crippen molar-refractivity contribution in [3.05, 3.63) is 24.3 Å². The summed E-state index contributed by atoms with van der Waals surface area (Å²) >= 11 is 0. The highest BCUT2D eigenvalue weighted by molar-refractivity contribution is 5.06. The van der Waals surface area contributed by atoms with Gasteiger partial charge in [0, 0.05) is 6.92 Å². The van der Waals surface area contributed by atoms with Crippen LogP contribution in [0.2, 0.25) is 0 Å². The molecule has 0 aliphatic rings. The molecule has 1 rings (SSSR count). The van der Waals surface area contributed by atoms with Crippen LogP contribution in [0.15, 0.2) is 18.5 Å². The van der Waals surface area contributed by atoms with Gasteiger partial charge in [-0.15, -0.1) is 0 Å². The molecule has 2 heteroatoms. The van der Waals surface area contributed by atoms with E-state index in [0.29, 0.717) is 0 Å². The third-order valence-electron chi connectivity index (χ3n) is 4.91. The SMILES string of the molecule is CCCCCCCCCCCCCCCCC=C[n+]1cc[nH]c1C. The van der Waals surface area contributed by atoms with Crippen molar-refractivity contribution in [2.24, 2.45) is 0 Å². The van der Waals surface area contributed by atoms with Crippen molar-refractivity contribution in [2.75, 3.05) is 0 Å². The number of hydrogen-bond acceptors (Lipinski definition) is 0. The van der Waals surface area contributed by atoms with E-state index < -0.39 is 0 Å². The molecule has 24 heavy (non-hydrogen) atoms. The summed E-state index contributed by atoms with van der Waals surface area (Å²) in [6.07, 6.45) is 29.8. The Bertz CT molecular complexity index is 406. The number of imidazole rings is 1. The van der Waals surface area contributed by atoms with Gasteiger partial charge in [0.25, 0.3) is 5.82 Å². The minimum Gasteiger partial charge on any atom is -0.247 e. The molecule has 1 heterocycles. The molecule has 0 saturated heterocycles. The number of aryl methyl sites for hydroxylation is 1. The van der Waals surface area contributed by atoms with E-state index in [2.05, 4.69) is 41.9 Å². The summed E-state index contributed by atoms with van der Waals surface area (Å²) in [7, 11) is 0. The third-order valence-corrected chi connectivity index (χ3v) is 4.91. The number of H-pyrrole nitrogens is 1. The summed E-state index contributed by atoms with van der Waals surface area (Å²) < 4.78 is 2.14. The predicted molar refractivity (Wildman–Crippen MR) is 106 cm³/mol. The molecule has 0 aromatic carbocycles. The lowest BCUT2D eigenvalue weighted by Gasteiger charge is -2.02. The van der Waals surface area contributed by atoms with Crippen LogP contribution in [-0.4, -0.2) is 4.98 Å². The lowest BCUT2D eigenvalue weighted by molar-refractivity contribution is -0.574. The molecule has 0 fully saturated rings. The Balaban J connectivity index is 1.76. The minimum absolute atomic E-state index is 1.19. The van der Waals surface area contributed by atoms with Gasteiger partial charge in [-0.2, -0.15) is 0 Å². The van der Waals surface area contributed by atoms with Crippen LogP contribution in [0, 0.1) is 6.92 Å². The predicted octanol–water partition coefficient (Wildman–Crippen LogP) is 6.95. The molecular weight excluding hydrogens is 292 g/mol. The van der Waals surface area contributed by atoms with E-state index in [4.69, 9.17) is 0 Å². The van der Waals surface area contributed by atoms with Crippen LogP contribution in [-0.2, 0) is 0 Å². The largest absolute Gasteiger partial charge is 0.255 e. The average molecular weight is 334 g/mol. The molecule has 0 spiro atoms. The normalized spacial score (nSPS) is 11.6. The zero-order valence-corrected chi connectivity index (χ0v) is 16.4. The number of allylic oxidation sites excluding steroid dienone is 1. The van der Waals surface area contributed by atoms with E-state index in [0.717, 1.165) is 0 Å². The molecule has 0 aliphatic carbocycles. The average Bonchev–Trinajstić information content (AvgIpc) is 2.99. The highest BCUT2D eigenvalue weighted by atomic mass is 15.0. The fourth-order valence-corrected chi connectivity index (χ4v) is 3.23. The Kier molecular flexibility index (Phi) is 13.5. The Hall–Kier alpha value is -1.05. The van der Waals surface area contributed by atoms with Crippen LogP contribution in [0.4, 0.5) is 0 Å². The van der Waals surface area contributed by atoms with Crippen LogP contribution < -0.4 is 4.57 Å². The van der Waals surface area contributed by atoms with Crippen LogP contribution in [0.25, 0.3) is 6.20 Å². The van der Waals surface area contributed by atoms with E-state index in [1.165, 1.54) is 102 Å². The maximum Gasteiger partial charge on any atom is 0.255 e.